The van der Waals surface area contributed by atoms with Gasteiger partial charge in [0.2, 0.25) is 5.95 Å². The SMILES string of the molecule is Cn1cnc(-c2ccc(-c3cnc(N4CCC(NC(C)(C)C)C4)nn3)c(O)c2)cc1=O. The largest absolute Gasteiger partial charge is 0.507 e. The molecule has 0 bridgehead atoms. The number of aryl methyl sites for hydroxylation is 1. The first-order valence-electron chi connectivity index (χ1n) is 10.3. The Morgan fingerprint density at radius 3 is 2.58 bits per heavy atom. The van der Waals surface area contributed by atoms with Crippen molar-refractivity contribution in [2.24, 2.45) is 7.05 Å². The van der Waals surface area contributed by atoms with Crippen molar-refractivity contribution < 1.29 is 5.11 Å². The van der Waals surface area contributed by atoms with Crippen LogP contribution in [0.25, 0.3) is 22.5 Å². The van der Waals surface area contributed by atoms with Crippen LogP contribution in [0.2, 0.25) is 0 Å². The minimum atomic E-state index is -0.166. The summed E-state index contributed by atoms with van der Waals surface area (Å²) >= 11 is 0. The summed E-state index contributed by atoms with van der Waals surface area (Å²) in [6, 6.07) is 6.91. The molecule has 1 unspecified atom stereocenters. The smallest absolute Gasteiger partial charge is 0.253 e. The van der Waals surface area contributed by atoms with Gasteiger partial charge in [-0.15, -0.1) is 10.2 Å². The number of rotatable bonds is 4. The predicted octanol–water partition coefficient (Wildman–Crippen LogP) is 1.97. The van der Waals surface area contributed by atoms with Gasteiger partial charge in [0.15, 0.2) is 0 Å². The van der Waals surface area contributed by atoms with E-state index in [-0.39, 0.29) is 16.8 Å². The number of nitrogens with zero attached hydrogens (tertiary/aromatic N) is 6. The Balaban J connectivity index is 1.50. The molecule has 0 spiro atoms. The Morgan fingerprint density at radius 1 is 1.13 bits per heavy atom. The number of aromatic hydroxyl groups is 1. The molecule has 0 saturated carbocycles. The van der Waals surface area contributed by atoms with Crippen molar-refractivity contribution in [2.75, 3.05) is 18.0 Å². The lowest BCUT2D eigenvalue weighted by Gasteiger charge is -2.25. The summed E-state index contributed by atoms with van der Waals surface area (Å²) in [4.78, 5) is 22.7. The molecule has 2 N–H and O–H groups in total. The van der Waals surface area contributed by atoms with Crippen molar-refractivity contribution in [3.8, 4) is 28.3 Å². The Bertz CT molecular complexity index is 1140. The van der Waals surface area contributed by atoms with Crippen LogP contribution < -0.4 is 15.8 Å². The van der Waals surface area contributed by atoms with E-state index in [9.17, 15) is 9.90 Å². The molecule has 1 aromatic carbocycles. The van der Waals surface area contributed by atoms with Crippen LogP contribution in [0.1, 0.15) is 27.2 Å². The molecule has 0 amide bonds. The average molecular weight is 422 g/mol. The summed E-state index contributed by atoms with van der Waals surface area (Å²) in [5.74, 6) is 0.613. The molecule has 31 heavy (non-hydrogen) atoms. The van der Waals surface area contributed by atoms with E-state index in [2.05, 4.69) is 51.2 Å². The van der Waals surface area contributed by atoms with E-state index in [1.54, 1.807) is 31.4 Å². The monoisotopic (exact) mass is 421 g/mol. The number of hydrogen-bond acceptors (Lipinski definition) is 8. The van der Waals surface area contributed by atoms with Crippen LogP contribution in [0.3, 0.4) is 0 Å². The van der Waals surface area contributed by atoms with Crippen molar-refractivity contribution in [2.45, 2.75) is 38.8 Å². The molecule has 1 aliphatic heterocycles. The van der Waals surface area contributed by atoms with Gasteiger partial charge in [-0.3, -0.25) is 4.79 Å². The lowest BCUT2D eigenvalue weighted by atomic mass is 10.1. The molecule has 4 rings (SSSR count). The van der Waals surface area contributed by atoms with Crippen molar-refractivity contribution in [1.29, 1.82) is 0 Å². The molecular weight excluding hydrogens is 394 g/mol. The summed E-state index contributed by atoms with van der Waals surface area (Å²) in [5, 5.41) is 22.7. The molecule has 9 nitrogen and oxygen atoms in total. The summed E-state index contributed by atoms with van der Waals surface area (Å²) in [6.07, 6.45) is 4.11. The molecule has 1 saturated heterocycles. The van der Waals surface area contributed by atoms with Crippen LogP contribution in [0.5, 0.6) is 5.75 Å². The average Bonchev–Trinajstić information content (AvgIpc) is 3.17. The van der Waals surface area contributed by atoms with Gasteiger partial charge in [0.1, 0.15) is 11.4 Å². The predicted molar refractivity (Wildman–Crippen MR) is 119 cm³/mol. The second-order valence-corrected chi connectivity index (χ2v) is 8.92. The van der Waals surface area contributed by atoms with E-state index >= 15 is 0 Å². The van der Waals surface area contributed by atoms with Crippen LogP contribution in [0, 0.1) is 0 Å². The molecule has 162 valence electrons. The van der Waals surface area contributed by atoms with Gasteiger partial charge in [0, 0.05) is 48.9 Å². The topological polar surface area (TPSA) is 109 Å². The molecule has 9 heteroatoms. The Hall–Kier alpha value is -3.33. The van der Waals surface area contributed by atoms with Crippen LogP contribution >= 0.6 is 0 Å². The van der Waals surface area contributed by atoms with E-state index in [0.29, 0.717) is 34.5 Å². The van der Waals surface area contributed by atoms with Crippen molar-refractivity contribution in [1.82, 2.24) is 30.0 Å². The zero-order valence-electron chi connectivity index (χ0n) is 18.2. The normalized spacial score (nSPS) is 16.6. The van der Waals surface area contributed by atoms with E-state index in [0.717, 1.165) is 19.5 Å². The molecular formula is C22H27N7O2. The Morgan fingerprint density at radius 2 is 1.94 bits per heavy atom. The summed E-state index contributed by atoms with van der Waals surface area (Å²) in [6.45, 7) is 8.19. The van der Waals surface area contributed by atoms with E-state index in [1.165, 1.54) is 17.0 Å². The first kappa shape index (κ1) is 20.9. The number of anilines is 1. The van der Waals surface area contributed by atoms with E-state index in [1.807, 2.05) is 0 Å². The van der Waals surface area contributed by atoms with Gasteiger partial charge in [-0.25, -0.2) is 9.97 Å². The van der Waals surface area contributed by atoms with Crippen LogP contribution in [0.4, 0.5) is 5.95 Å². The second-order valence-electron chi connectivity index (χ2n) is 8.92. The number of phenolic OH excluding ortho intramolecular Hbond substituents is 1. The minimum Gasteiger partial charge on any atom is -0.507 e. The number of hydrogen-bond donors (Lipinski definition) is 2. The van der Waals surface area contributed by atoms with Gasteiger partial charge < -0.3 is 19.9 Å². The summed E-state index contributed by atoms with van der Waals surface area (Å²) in [5.41, 5.74) is 2.04. The van der Waals surface area contributed by atoms with Gasteiger partial charge >= 0.3 is 0 Å². The maximum absolute atomic E-state index is 11.8. The quantitative estimate of drug-likeness (QED) is 0.658. The first-order valence-corrected chi connectivity index (χ1v) is 10.3. The highest BCUT2D eigenvalue weighted by Gasteiger charge is 2.27. The van der Waals surface area contributed by atoms with E-state index in [4.69, 9.17) is 0 Å². The molecule has 1 atom stereocenters. The molecule has 3 aromatic rings. The van der Waals surface area contributed by atoms with Gasteiger partial charge in [0.25, 0.3) is 5.56 Å². The molecule has 3 heterocycles. The minimum absolute atomic E-state index is 0.0273. The fraction of sp³-hybridized carbons (Fsp3) is 0.409. The zero-order valence-corrected chi connectivity index (χ0v) is 18.2. The zero-order chi connectivity index (χ0) is 22.2. The third kappa shape index (κ3) is 4.72. The highest BCUT2D eigenvalue weighted by Crippen LogP contribution is 2.31. The second kappa shape index (κ2) is 8.07. The highest BCUT2D eigenvalue weighted by molar-refractivity contribution is 5.72. The molecule has 1 aliphatic rings. The van der Waals surface area contributed by atoms with E-state index < -0.39 is 0 Å². The van der Waals surface area contributed by atoms with Crippen LogP contribution in [-0.2, 0) is 7.05 Å². The maximum Gasteiger partial charge on any atom is 0.253 e. The third-order valence-electron chi connectivity index (χ3n) is 5.21. The molecule has 2 aromatic heterocycles. The lowest BCUT2D eigenvalue weighted by molar-refractivity contribution is 0.373. The number of phenols is 1. The standard InChI is InChI=1S/C22H27N7O2/c1-22(2,3)25-15-7-8-29(12-15)21-23-11-18(26-27-21)16-6-5-14(9-19(16)30)17-10-20(31)28(4)13-24-17/h5-6,9-11,13,15,25,30H,7-8,12H2,1-4H3. The summed E-state index contributed by atoms with van der Waals surface area (Å²) < 4.78 is 1.39. The number of nitrogens with one attached hydrogen (secondary N) is 1. The van der Waals surface area contributed by atoms with Gasteiger partial charge in [0.05, 0.1) is 18.2 Å². The van der Waals surface area contributed by atoms with Gasteiger partial charge in [-0.2, -0.15) is 0 Å². The fourth-order valence-corrected chi connectivity index (χ4v) is 3.74. The fourth-order valence-electron chi connectivity index (χ4n) is 3.74. The van der Waals surface area contributed by atoms with Crippen LogP contribution in [-0.4, -0.2) is 54.5 Å². The molecule has 1 fully saturated rings. The Kier molecular flexibility index (Phi) is 5.45. The van der Waals surface area contributed by atoms with Crippen molar-refractivity contribution >= 4 is 5.95 Å². The van der Waals surface area contributed by atoms with Gasteiger partial charge in [-0.1, -0.05) is 6.07 Å². The van der Waals surface area contributed by atoms with Gasteiger partial charge in [-0.05, 0) is 39.3 Å². The molecule has 0 aliphatic carbocycles. The third-order valence-corrected chi connectivity index (χ3v) is 5.21. The summed E-state index contributed by atoms with van der Waals surface area (Å²) in [7, 11) is 1.64. The first-order chi connectivity index (χ1) is 14.7. The van der Waals surface area contributed by atoms with Crippen molar-refractivity contribution in [3.05, 3.63) is 47.1 Å². The Labute approximate surface area is 180 Å². The van der Waals surface area contributed by atoms with Crippen molar-refractivity contribution in [3.63, 3.8) is 0 Å². The molecule has 0 radical (unpaired) electrons. The number of benzene rings is 1. The maximum atomic E-state index is 11.8. The number of aromatic nitrogens is 5. The highest BCUT2D eigenvalue weighted by atomic mass is 16.3. The van der Waals surface area contributed by atoms with Crippen LogP contribution in [0.15, 0.2) is 41.6 Å². The lowest BCUT2D eigenvalue weighted by Crippen LogP contribution is -2.45.